The molecule has 0 aliphatic rings. The summed E-state index contributed by atoms with van der Waals surface area (Å²) in [5.74, 6) is -0.294. The fraction of sp³-hybridized carbons (Fsp3) is 0.211. The maximum absolute atomic E-state index is 12.4. The highest BCUT2D eigenvalue weighted by Gasteiger charge is 2.13. The first-order valence-corrected chi connectivity index (χ1v) is 7.92. The van der Waals surface area contributed by atoms with E-state index in [-0.39, 0.29) is 11.3 Å². The molecule has 0 spiro atoms. The topological polar surface area (TPSA) is 94.8 Å². The van der Waals surface area contributed by atoms with Gasteiger partial charge in [-0.1, -0.05) is 32.9 Å². The molecule has 0 fully saturated rings. The summed E-state index contributed by atoms with van der Waals surface area (Å²) in [6, 6.07) is 12.4. The molecule has 2 aromatic carbocycles. The molecule has 0 saturated carbocycles. The molecule has 0 aliphatic heterocycles. The molecule has 3 N–H and O–H groups in total. The van der Waals surface area contributed by atoms with Crippen LogP contribution in [0.15, 0.2) is 52.1 Å². The van der Waals surface area contributed by atoms with Crippen molar-refractivity contribution in [3.05, 3.63) is 74.3 Å². The molecule has 0 aliphatic carbocycles. The number of carbonyl (C=O) groups is 1. The van der Waals surface area contributed by atoms with Gasteiger partial charge in [-0.25, -0.2) is 0 Å². The van der Waals surface area contributed by atoms with Crippen LogP contribution in [0.1, 0.15) is 36.7 Å². The fourth-order valence-corrected chi connectivity index (χ4v) is 2.51. The number of hydrogen-bond acceptors (Lipinski definition) is 3. The molecule has 6 heteroatoms. The molecule has 0 atom stereocenters. The molecule has 0 radical (unpaired) electrons. The van der Waals surface area contributed by atoms with Crippen LogP contribution in [0.5, 0.6) is 0 Å². The quantitative estimate of drug-likeness (QED) is 0.628. The number of amides is 1. The first-order valence-electron chi connectivity index (χ1n) is 7.92. The minimum absolute atomic E-state index is 0.0453. The number of carbonyl (C=O) groups excluding carboxylic acids is 1. The Morgan fingerprint density at radius 1 is 0.880 bits per heavy atom. The molecule has 3 aromatic rings. The van der Waals surface area contributed by atoms with E-state index in [4.69, 9.17) is 0 Å². The Kier molecular flexibility index (Phi) is 4.04. The van der Waals surface area contributed by atoms with Crippen molar-refractivity contribution >= 4 is 22.6 Å². The highest BCUT2D eigenvalue weighted by molar-refractivity contribution is 6.05. The largest absolute Gasteiger partial charge is 0.322 e. The van der Waals surface area contributed by atoms with Crippen molar-refractivity contribution < 1.29 is 4.79 Å². The standard InChI is InChI=1S/C19H19N3O3/c1-19(2,3)12-5-7-13(8-6-12)20-16(23)11-4-9-14-15(10-11)22-18(25)17(24)21-14/h4-10H,1-3H3,(H,20,23)(H,21,24)(H,22,25). The van der Waals surface area contributed by atoms with Gasteiger partial charge in [0, 0.05) is 11.3 Å². The second-order valence-corrected chi connectivity index (χ2v) is 6.95. The van der Waals surface area contributed by atoms with Gasteiger partial charge in [-0.15, -0.1) is 0 Å². The summed E-state index contributed by atoms with van der Waals surface area (Å²) in [5.41, 5.74) is 1.70. The van der Waals surface area contributed by atoms with Crippen molar-refractivity contribution in [2.45, 2.75) is 26.2 Å². The summed E-state index contributed by atoms with van der Waals surface area (Å²) in [4.78, 5) is 40.1. The van der Waals surface area contributed by atoms with E-state index in [2.05, 4.69) is 36.1 Å². The molecule has 128 valence electrons. The minimum atomic E-state index is -0.747. The highest BCUT2D eigenvalue weighted by Crippen LogP contribution is 2.23. The Morgan fingerprint density at radius 2 is 1.48 bits per heavy atom. The third-order valence-electron chi connectivity index (χ3n) is 3.99. The maximum atomic E-state index is 12.4. The first-order chi connectivity index (χ1) is 11.7. The maximum Gasteiger partial charge on any atom is 0.314 e. The normalized spacial score (nSPS) is 11.5. The monoisotopic (exact) mass is 337 g/mol. The second-order valence-electron chi connectivity index (χ2n) is 6.95. The van der Waals surface area contributed by atoms with Gasteiger partial charge in [-0.3, -0.25) is 14.4 Å². The van der Waals surface area contributed by atoms with Crippen LogP contribution >= 0.6 is 0 Å². The van der Waals surface area contributed by atoms with E-state index >= 15 is 0 Å². The highest BCUT2D eigenvalue weighted by atomic mass is 16.2. The van der Waals surface area contributed by atoms with Crippen LogP contribution in [-0.4, -0.2) is 15.9 Å². The van der Waals surface area contributed by atoms with Gasteiger partial charge in [0.25, 0.3) is 5.91 Å². The lowest BCUT2D eigenvalue weighted by Gasteiger charge is -2.19. The Labute approximate surface area is 143 Å². The Morgan fingerprint density at radius 3 is 2.08 bits per heavy atom. The van der Waals surface area contributed by atoms with E-state index in [1.54, 1.807) is 12.1 Å². The third-order valence-corrected chi connectivity index (χ3v) is 3.99. The summed E-state index contributed by atoms with van der Waals surface area (Å²) in [6.45, 7) is 6.38. The predicted octanol–water partition coefficient (Wildman–Crippen LogP) is 2.77. The molecule has 0 saturated heterocycles. The zero-order chi connectivity index (χ0) is 18.2. The third kappa shape index (κ3) is 3.52. The number of hydrogen-bond donors (Lipinski definition) is 3. The molecule has 3 rings (SSSR count). The van der Waals surface area contributed by atoms with E-state index in [0.29, 0.717) is 22.3 Å². The molecule has 1 aromatic heterocycles. The zero-order valence-corrected chi connectivity index (χ0v) is 14.3. The van der Waals surface area contributed by atoms with Crippen LogP contribution in [0.25, 0.3) is 11.0 Å². The Hall–Kier alpha value is -3.15. The molecule has 1 heterocycles. The van der Waals surface area contributed by atoms with Gasteiger partial charge >= 0.3 is 11.1 Å². The van der Waals surface area contributed by atoms with E-state index in [1.807, 2.05) is 24.3 Å². The Balaban J connectivity index is 1.86. The summed E-state index contributed by atoms with van der Waals surface area (Å²) in [7, 11) is 0. The zero-order valence-electron chi connectivity index (χ0n) is 14.3. The van der Waals surface area contributed by atoms with Gasteiger partial charge in [0.15, 0.2) is 0 Å². The summed E-state index contributed by atoms with van der Waals surface area (Å²) < 4.78 is 0. The van der Waals surface area contributed by atoms with Crippen LogP contribution in [-0.2, 0) is 5.41 Å². The van der Waals surface area contributed by atoms with Crippen LogP contribution in [0.2, 0.25) is 0 Å². The van der Waals surface area contributed by atoms with Crippen LogP contribution in [0.4, 0.5) is 5.69 Å². The lowest BCUT2D eigenvalue weighted by atomic mass is 9.87. The molecular formula is C19H19N3O3. The van der Waals surface area contributed by atoms with Gasteiger partial charge in [0.05, 0.1) is 11.0 Å². The van der Waals surface area contributed by atoms with Crippen molar-refractivity contribution in [1.29, 1.82) is 0 Å². The number of fused-ring (bicyclic) bond motifs is 1. The summed E-state index contributed by atoms with van der Waals surface area (Å²) >= 11 is 0. The van der Waals surface area contributed by atoms with Crippen molar-refractivity contribution in [3.63, 3.8) is 0 Å². The van der Waals surface area contributed by atoms with Crippen LogP contribution in [0.3, 0.4) is 0 Å². The number of anilines is 1. The molecule has 6 nitrogen and oxygen atoms in total. The smallest absolute Gasteiger partial charge is 0.314 e. The van der Waals surface area contributed by atoms with Gasteiger partial charge in [-0.05, 0) is 41.3 Å². The lowest BCUT2D eigenvalue weighted by Crippen LogP contribution is -2.29. The summed E-state index contributed by atoms with van der Waals surface area (Å²) in [6.07, 6.45) is 0. The van der Waals surface area contributed by atoms with Crippen LogP contribution in [0, 0.1) is 0 Å². The average Bonchev–Trinajstić information content (AvgIpc) is 2.55. The van der Waals surface area contributed by atoms with Crippen molar-refractivity contribution in [2.75, 3.05) is 5.32 Å². The molecule has 0 unspecified atom stereocenters. The molecule has 25 heavy (non-hydrogen) atoms. The van der Waals surface area contributed by atoms with E-state index in [0.717, 1.165) is 0 Å². The van der Waals surface area contributed by atoms with Crippen molar-refractivity contribution in [3.8, 4) is 0 Å². The average molecular weight is 337 g/mol. The van der Waals surface area contributed by atoms with Gasteiger partial charge in [0.2, 0.25) is 0 Å². The Bertz CT molecular complexity index is 1050. The number of H-pyrrole nitrogens is 2. The number of aromatic amines is 2. The number of aromatic nitrogens is 2. The van der Waals surface area contributed by atoms with E-state index in [1.165, 1.54) is 11.6 Å². The van der Waals surface area contributed by atoms with Crippen molar-refractivity contribution in [2.24, 2.45) is 0 Å². The van der Waals surface area contributed by atoms with Gasteiger partial charge in [0.1, 0.15) is 0 Å². The number of nitrogens with one attached hydrogen (secondary N) is 3. The number of rotatable bonds is 2. The van der Waals surface area contributed by atoms with E-state index < -0.39 is 11.1 Å². The molecule has 1 amide bonds. The SMILES string of the molecule is CC(C)(C)c1ccc(NC(=O)c2ccc3[nH]c(=O)c(=O)[nH]c3c2)cc1. The van der Waals surface area contributed by atoms with Gasteiger partial charge in [-0.2, -0.15) is 0 Å². The number of benzene rings is 2. The van der Waals surface area contributed by atoms with Gasteiger partial charge < -0.3 is 15.3 Å². The second kappa shape index (κ2) is 6.05. The molecule has 0 bridgehead atoms. The van der Waals surface area contributed by atoms with Crippen molar-refractivity contribution in [1.82, 2.24) is 9.97 Å². The van der Waals surface area contributed by atoms with Crippen LogP contribution < -0.4 is 16.4 Å². The molecular weight excluding hydrogens is 318 g/mol. The lowest BCUT2D eigenvalue weighted by molar-refractivity contribution is 0.102. The minimum Gasteiger partial charge on any atom is -0.322 e. The first kappa shape index (κ1) is 16.7. The summed E-state index contributed by atoms with van der Waals surface area (Å²) in [5, 5.41) is 2.82. The predicted molar refractivity (Wildman–Crippen MR) is 98.3 cm³/mol. The van der Waals surface area contributed by atoms with E-state index in [9.17, 15) is 14.4 Å². The fourth-order valence-electron chi connectivity index (χ4n) is 2.51.